The topological polar surface area (TPSA) is 65.4 Å². The summed E-state index contributed by atoms with van der Waals surface area (Å²) in [5.74, 6) is 0.298. The summed E-state index contributed by atoms with van der Waals surface area (Å²) in [7, 11) is 3.02. The number of nitrogens with one attached hydrogen (secondary N) is 1. The standard InChI is InChI=1S/C21H19ClF3N3O3/c1-30-16-6-7-18(31-2)13(10-16)8-9-26-20(29)17-12-27-28(19(17)21(23,24)25)15-5-3-4-14(22)11-15/h3-7,10-12H,8-9H2,1-2H3,(H,26,29). The van der Waals surface area contributed by atoms with Crippen LogP contribution in [-0.2, 0) is 12.6 Å². The second-order valence-corrected chi connectivity index (χ2v) is 6.92. The number of benzene rings is 2. The zero-order chi connectivity index (χ0) is 22.6. The molecule has 31 heavy (non-hydrogen) atoms. The van der Waals surface area contributed by atoms with E-state index in [0.717, 1.165) is 11.8 Å². The fraction of sp³-hybridized carbons (Fsp3) is 0.238. The summed E-state index contributed by atoms with van der Waals surface area (Å²) in [6.07, 6.45) is -3.58. The highest BCUT2D eigenvalue weighted by Gasteiger charge is 2.40. The first kappa shape index (κ1) is 22.5. The van der Waals surface area contributed by atoms with E-state index in [2.05, 4.69) is 10.4 Å². The van der Waals surface area contributed by atoms with Crippen molar-refractivity contribution in [3.8, 4) is 17.2 Å². The van der Waals surface area contributed by atoms with Gasteiger partial charge in [0.1, 0.15) is 11.5 Å². The van der Waals surface area contributed by atoms with Gasteiger partial charge in [-0.2, -0.15) is 18.3 Å². The first-order valence-corrected chi connectivity index (χ1v) is 9.52. The van der Waals surface area contributed by atoms with Crippen molar-refractivity contribution in [2.45, 2.75) is 12.6 Å². The Kier molecular flexibility index (Phi) is 6.74. The number of carbonyl (C=O) groups excluding carboxylic acids is 1. The van der Waals surface area contributed by atoms with Crippen LogP contribution in [0.2, 0.25) is 5.02 Å². The molecule has 0 unspecified atom stereocenters. The van der Waals surface area contributed by atoms with Gasteiger partial charge < -0.3 is 14.8 Å². The molecule has 1 N–H and O–H groups in total. The molecule has 0 aliphatic carbocycles. The zero-order valence-corrected chi connectivity index (χ0v) is 17.4. The number of amides is 1. The Morgan fingerprint density at radius 2 is 1.94 bits per heavy atom. The van der Waals surface area contributed by atoms with Gasteiger partial charge in [-0.25, -0.2) is 4.68 Å². The molecule has 0 radical (unpaired) electrons. The first-order valence-electron chi connectivity index (χ1n) is 9.15. The van der Waals surface area contributed by atoms with E-state index >= 15 is 0 Å². The van der Waals surface area contributed by atoms with Crippen molar-refractivity contribution >= 4 is 17.5 Å². The Hall–Kier alpha value is -3.20. The van der Waals surface area contributed by atoms with Gasteiger partial charge in [-0.1, -0.05) is 17.7 Å². The van der Waals surface area contributed by atoms with Gasteiger partial charge >= 0.3 is 6.18 Å². The molecule has 10 heteroatoms. The quantitative estimate of drug-likeness (QED) is 0.570. The number of methoxy groups -OCH3 is 2. The normalized spacial score (nSPS) is 11.3. The SMILES string of the molecule is COc1ccc(OC)c(CCNC(=O)c2cnn(-c3cccc(Cl)c3)c2C(F)(F)F)c1. The number of alkyl halides is 3. The van der Waals surface area contributed by atoms with Crippen molar-refractivity contribution in [1.29, 1.82) is 0 Å². The molecule has 1 amide bonds. The molecular weight excluding hydrogens is 435 g/mol. The van der Waals surface area contributed by atoms with Crippen molar-refractivity contribution in [3.63, 3.8) is 0 Å². The highest BCUT2D eigenvalue weighted by atomic mass is 35.5. The molecule has 0 spiro atoms. The lowest BCUT2D eigenvalue weighted by Crippen LogP contribution is -2.28. The lowest BCUT2D eigenvalue weighted by molar-refractivity contribution is -0.143. The summed E-state index contributed by atoms with van der Waals surface area (Å²) in [5.41, 5.74) is -0.913. The number of nitrogens with zero attached hydrogens (tertiary/aromatic N) is 2. The van der Waals surface area contributed by atoms with E-state index in [1.807, 2.05) is 0 Å². The fourth-order valence-corrected chi connectivity index (χ4v) is 3.26. The maximum absolute atomic E-state index is 13.8. The molecule has 2 aromatic carbocycles. The highest BCUT2D eigenvalue weighted by Crippen LogP contribution is 2.34. The number of hydrogen-bond acceptors (Lipinski definition) is 4. The summed E-state index contributed by atoms with van der Waals surface area (Å²) in [4.78, 5) is 12.5. The minimum absolute atomic E-state index is 0.0853. The van der Waals surface area contributed by atoms with Gasteiger partial charge in [0.05, 0.1) is 31.7 Å². The fourth-order valence-electron chi connectivity index (χ4n) is 3.07. The number of hydrogen-bond donors (Lipinski definition) is 1. The Labute approximate surface area is 181 Å². The minimum Gasteiger partial charge on any atom is -0.497 e. The third-order valence-corrected chi connectivity index (χ3v) is 4.74. The smallest absolute Gasteiger partial charge is 0.434 e. The van der Waals surface area contributed by atoms with Crippen LogP contribution in [0.15, 0.2) is 48.7 Å². The summed E-state index contributed by atoms with van der Waals surface area (Å²) >= 11 is 5.88. The molecule has 0 aliphatic heterocycles. The van der Waals surface area contributed by atoms with E-state index in [-0.39, 0.29) is 17.3 Å². The molecule has 3 rings (SSSR count). The summed E-state index contributed by atoms with van der Waals surface area (Å²) in [5, 5.41) is 6.53. The van der Waals surface area contributed by atoms with Gasteiger partial charge in [0.25, 0.3) is 5.91 Å². The van der Waals surface area contributed by atoms with E-state index in [4.69, 9.17) is 21.1 Å². The Morgan fingerprint density at radius 1 is 1.16 bits per heavy atom. The molecule has 6 nitrogen and oxygen atoms in total. The lowest BCUT2D eigenvalue weighted by Gasteiger charge is -2.13. The van der Waals surface area contributed by atoms with E-state index in [0.29, 0.717) is 22.6 Å². The van der Waals surface area contributed by atoms with Crippen LogP contribution in [0.4, 0.5) is 13.2 Å². The second kappa shape index (κ2) is 9.30. The molecule has 0 aliphatic rings. The molecule has 3 aromatic rings. The Morgan fingerprint density at radius 3 is 2.58 bits per heavy atom. The van der Waals surface area contributed by atoms with Crippen LogP contribution < -0.4 is 14.8 Å². The Balaban J connectivity index is 1.81. The second-order valence-electron chi connectivity index (χ2n) is 6.48. The molecule has 1 aromatic heterocycles. The third-order valence-electron chi connectivity index (χ3n) is 4.50. The van der Waals surface area contributed by atoms with Crippen molar-refractivity contribution in [2.75, 3.05) is 20.8 Å². The van der Waals surface area contributed by atoms with E-state index in [1.165, 1.54) is 38.5 Å². The van der Waals surface area contributed by atoms with Gasteiger partial charge in [-0.15, -0.1) is 0 Å². The zero-order valence-electron chi connectivity index (χ0n) is 16.7. The predicted molar refractivity (Wildman–Crippen MR) is 109 cm³/mol. The van der Waals surface area contributed by atoms with Crippen LogP contribution in [0, 0.1) is 0 Å². The van der Waals surface area contributed by atoms with E-state index in [1.54, 1.807) is 18.2 Å². The molecular formula is C21H19ClF3N3O3. The average Bonchev–Trinajstić information content (AvgIpc) is 3.19. The average molecular weight is 454 g/mol. The maximum Gasteiger partial charge on any atom is 0.434 e. The number of halogens is 4. The van der Waals surface area contributed by atoms with Crippen LogP contribution in [0.5, 0.6) is 11.5 Å². The van der Waals surface area contributed by atoms with Gasteiger partial charge in [0.2, 0.25) is 0 Å². The van der Waals surface area contributed by atoms with Crippen LogP contribution in [0.3, 0.4) is 0 Å². The molecule has 0 saturated carbocycles. The monoisotopic (exact) mass is 453 g/mol. The van der Waals surface area contributed by atoms with Gasteiger partial charge in [-0.05, 0) is 48.4 Å². The number of aromatic nitrogens is 2. The third kappa shape index (κ3) is 5.11. The van der Waals surface area contributed by atoms with Crippen molar-refractivity contribution in [3.05, 3.63) is 70.5 Å². The number of rotatable bonds is 7. The molecule has 0 bridgehead atoms. The summed E-state index contributed by atoms with van der Waals surface area (Å²) in [6.45, 7) is 0.0853. The van der Waals surface area contributed by atoms with Gasteiger partial charge in [-0.3, -0.25) is 4.79 Å². The number of carbonyl (C=O) groups is 1. The van der Waals surface area contributed by atoms with Crippen LogP contribution in [0.25, 0.3) is 5.69 Å². The summed E-state index contributed by atoms with van der Waals surface area (Å²) < 4.78 is 52.4. The van der Waals surface area contributed by atoms with Crippen LogP contribution in [-0.4, -0.2) is 36.5 Å². The van der Waals surface area contributed by atoms with Gasteiger partial charge in [0.15, 0.2) is 5.69 Å². The predicted octanol–water partition coefficient (Wildman–Crippen LogP) is 4.53. The van der Waals surface area contributed by atoms with Gasteiger partial charge in [0, 0.05) is 11.6 Å². The molecule has 1 heterocycles. The molecule has 0 fully saturated rings. The van der Waals surface area contributed by atoms with Crippen molar-refractivity contribution in [2.24, 2.45) is 0 Å². The highest BCUT2D eigenvalue weighted by molar-refractivity contribution is 6.30. The minimum atomic E-state index is -4.80. The number of ether oxygens (including phenoxy) is 2. The molecule has 0 saturated heterocycles. The first-order chi connectivity index (χ1) is 14.7. The van der Waals surface area contributed by atoms with Crippen molar-refractivity contribution in [1.82, 2.24) is 15.1 Å². The maximum atomic E-state index is 13.8. The summed E-state index contributed by atoms with van der Waals surface area (Å²) in [6, 6.07) is 11.0. The van der Waals surface area contributed by atoms with Crippen LogP contribution >= 0.6 is 11.6 Å². The van der Waals surface area contributed by atoms with E-state index < -0.39 is 23.3 Å². The van der Waals surface area contributed by atoms with Crippen molar-refractivity contribution < 1.29 is 27.4 Å². The van der Waals surface area contributed by atoms with E-state index in [9.17, 15) is 18.0 Å². The molecule has 164 valence electrons. The largest absolute Gasteiger partial charge is 0.497 e. The van der Waals surface area contributed by atoms with Crippen LogP contribution in [0.1, 0.15) is 21.6 Å². The Bertz CT molecular complexity index is 1080. The molecule has 0 atom stereocenters. The lowest BCUT2D eigenvalue weighted by atomic mass is 10.1.